The number of rotatable bonds is 4. The normalized spacial score (nSPS) is 10.7. The standard InChI is InChI=1S/C4H11O3PSe.K/c1-3-6-8(5,9)7-4-2;/h3-4H2,1-2H3,(H,5,9);/q;+1/p-1. The van der Waals surface area contributed by atoms with Gasteiger partial charge in [0.1, 0.15) is 0 Å². The zero-order valence-corrected chi connectivity index (χ0v) is 12.2. The summed E-state index contributed by atoms with van der Waals surface area (Å²) in [5, 5.41) is 0. The van der Waals surface area contributed by atoms with E-state index in [0.29, 0.717) is 13.2 Å². The van der Waals surface area contributed by atoms with Gasteiger partial charge in [0.05, 0.1) is 0 Å². The van der Waals surface area contributed by atoms with Crippen LogP contribution in [0.1, 0.15) is 13.8 Å². The van der Waals surface area contributed by atoms with E-state index in [9.17, 15) is 4.89 Å². The number of hydrogen-bond acceptors (Lipinski definition) is 3. The van der Waals surface area contributed by atoms with Crippen LogP contribution in [0.5, 0.6) is 0 Å². The number of hydrogen-bond donors (Lipinski definition) is 0. The predicted octanol–water partition coefficient (Wildman–Crippen LogP) is -2.73. The maximum absolute atomic E-state index is 10.9. The van der Waals surface area contributed by atoms with Crippen molar-refractivity contribution in [2.24, 2.45) is 0 Å². The zero-order valence-electron chi connectivity index (χ0n) is 6.49. The molecule has 0 radical (unpaired) electrons. The van der Waals surface area contributed by atoms with Crippen molar-refractivity contribution in [3.63, 3.8) is 0 Å². The van der Waals surface area contributed by atoms with Crippen molar-refractivity contribution in [3.8, 4) is 0 Å². The first-order chi connectivity index (χ1) is 4.12. The Balaban J connectivity index is 0. The second kappa shape index (κ2) is 8.08. The summed E-state index contributed by atoms with van der Waals surface area (Å²) in [7, 11) is 0. The van der Waals surface area contributed by atoms with Gasteiger partial charge < -0.3 is 0 Å². The molecule has 0 atom stereocenters. The molecule has 0 fully saturated rings. The Morgan fingerprint density at radius 2 is 1.60 bits per heavy atom. The van der Waals surface area contributed by atoms with E-state index in [-0.39, 0.29) is 51.4 Å². The molecule has 0 aromatic rings. The third kappa shape index (κ3) is 8.56. The van der Waals surface area contributed by atoms with Crippen molar-refractivity contribution in [2.75, 3.05) is 13.2 Å². The van der Waals surface area contributed by atoms with Crippen LogP contribution in [0, 0.1) is 0 Å². The fourth-order valence-electron chi connectivity index (χ4n) is 0.353. The molecule has 0 aliphatic heterocycles. The molecule has 0 aromatic heterocycles. The van der Waals surface area contributed by atoms with Crippen LogP contribution < -0.4 is 56.3 Å². The minimum absolute atomic E-state index is 0. The Morgan fingerprint density at radius 3 is 1.80 bits per heavy atom. The first-order valence-electron chi connectivity index (χ1n) is 2.72. The monoisotopic (exact) mass is 256 g/mol. The van der Waals surface area contributed by atoms with E-state index in [2.05, 4.69) is 15.1 Å². The third-order valence-electron chi connectivity index (χ3n) is 0.574. The Hall–Kier alpha value is 2.47. The largest absolute Gasteiger partial charge is 1.00 e. The van der Waals surface area contributed by atoms with Crippen molar-refractivity contribution in [1.82, 2.24) is 0 Å². The molecule has 3 nitrogen and oxygen atoms in total. The van der Waals surface area contributed by atoms with Gasteiger partial charge in [-0.25, -0.2) is 0 Å². The summed E-state index contributed by atoms with van der Waals surface area (Å²) in [6, 6.07) is 0. The van der Waals surface area contributed by atoms with Crippen LogP contribution >= 0.6 is 6.19 Å². The van der Waals surface area contributed by atoms with Gasteiger partial charge in [-0.2, -0.15) is 0 Å². The minimum Gasteiger partial charge on any atom is 1.00 e. The van der Waals surface area contributed by atoms with E-state index in [1.165, 1.54) is 0 Å². The van der Waals surface area contributed by atoms with Crippen LogP contribution in [0.2, 0.25) is 0 Å². The topological polar surface area (TPSA) is 41.5 Å². The van der Waals surface area contributed by atoms with Crippen LogP contribution in [0.4, 0.5) is 0 Å². The van der Waals surface area contributed by atoms with E-state index < -0.39 is 6.19 Å². The van der Waals surface area contributed by atoms with Gasteiger partial charge in [0.15, 0.2) is 0 Å². The molecule has 0 aliphatic rings. The van der Waals surface area contributed by atoms with Crippen LogP contribution in [-0.4, -0.2) is 28.3 Å². The average molecular weight is 255 g/mol. The molecule has 0 saturated carbocycles. The second-order valence-corrected chi connectivity index (χ2v) is 5.51. The fraction of sp³-hybridized carbons (Fsp3) is 1.00. The van der Waals surface area contributed by atoms with Crippen molar-refractivity contribution in [3.05, 3.63) is 0 Å². The molecule has 0 bridgehead atoms. The molecule has 56 valence electrons. The Labute approximate surface area is 112 Å². The zero-order chi connectivity index (χ0) is 7.33. The Kier molecular flexibility index (Phi) is 12.1. The molecule has 0 aromatic carbocycles. The van der Waals surface area contributed by atoms with E-state index >= 15 is 0 Å². The Morgan fingerprint density at radius 1 is 1.30 bits per heavy atom. The molecule has 0 unspecified atom stereocenters. The average Bonchev–Trinajstić information content (AvgIpc) is 1.64. The van der Waals surface area contributed by atoms with E-state index in [1.54, 1.807) is 13.8 Å². The van der Waals surface area contributed by atoms with Gasteiger partial charge in [-0.1, -0.05) is 0 Å². The molecule has 0 rings (SSSR count). The van der Waals surface area contributed by atoms with Gasteiger partial charge in [0, 0.05) is 0 Å². The smallest absolute Gasteiger partial charge is 1.00 e. The van der Waals surface area contributed by atoms with Crippen LogP contribution in [0.25, 0.3) is 0 Å². The Bertz CT molecular complexity index is 111. The third-order valence-corrected chi connectivity index (χ3v) is 3.05. The molecular formula is C4H10KO3PSe. The molecular weight excluding hydrogens is 245 g/mol. The molecule has 0 saturated heterocycles. The molecule has 0 N–H and O–H groups in total. The molecule has 0 spiro atoms. The van der Waals surface area contributed by atoms with Gasteiger partial charge in [-0.05, 0) is 0 Å². The van der Waals surface area contributed by atoms with Gasteiger partial charge in [-0.3, -0.25) is 0 Å². The quantitative estimate of drug-likeness (QED) is 0.404. The summed E-state index contributed by atoms with van der Waals surface area (Å²) in [5.74, 6) is 0. The van der Waals surface area contributed by atoms with Gasteiger partial charge in [0.2, 0.25) is 0 Å². The summed E-state index contributed by atoms with van der Waals surface area (Å²) < 4.78 is 9.50. The van der Waals surface area contributed by atoms with Crippen LogP contribution in [0.3, 0.4) is 0 Å². The minimum atomic E-state index is -2.82. The van der Waals surface area contributed by atoms with E-state index in [4.69, 9.17) is 9.05 Å². The maximum atomic E-state index is 10.9. The van der Waals surface area contributed by atoms with E-state index in [1.807, 2.05) is 0 Å². The maximum Gasteiger partial charge on any atom is 1.00 e. The molecule has 0 heterocycles. The molecule has 10 heavy (non-hydrogen) atoms. The summed E-state index contributed by atoms with van der Waals surface area (Å²) in [6.07, 6.45) is -2.82. The molecule has 6 heteroatoms. The summed E-state index contributed by atoms with van der Waals surface area (Å²) in [5.41, 5.74) is 0. The first kappa shape index (κ1) is 15.0. The van der Waals surface area contributed by atoms with Crippen LogP contribution in [0.15, 0.2) is 0 Å². The van der Waals surface area contributed by atoms with Crippen molar-refractivity contribution in [1.29, 1.82) is 0 Å². The van der Waals surface area contributed by atoms with E-state index in [0.717, 1.165) is 0 Å². The van der Waals surface area contributed by atoms with Gasteiger partial charge >= 0.3 is 114 Å². The summed E-state index contributed by atoms with van der Waals surface area (Å²) in [6.45, 7) is 4.35. The van der Waals surface area contributed by atoms with Gasteiger partial charge in [0.25, 0.3) is 0 Å². The van der Waals surface area contributed by atoms with Crippen molar-refractivity contribution in [2.45, 2.75) is 13.8 Å². The summed E-state index contributed by atoms with van der Waals surface area (Å²) >= 11 is 2.37. The van der Waals surface area contributed by atoms with Crippen molar-refractivity contribution < 1.29 is 65.3 Å². The fourth-order valence-corrected chi connectivity index (χ4v) is 2.39. The summed E-state index contributed by atoms with van der Waals surface area (Å²) in [4.78, 5) is 10.9. The van der Waals surface area contributed by atoms with Crippen molar-refractivity contribution >= 4 is 21.3 Å². The SMILES string of the molecule is CCOP([O-])(=[Se])OCC.[K+]. The second-order valence-electron chi connectivity index (χ2n) is 1.28. The first-order valence-corrected chi connectivity index (χ1v) is 6.48. The molecule has 0 aliphatic carbocycles. The van der Waals surface area contributed by atoms with Crippen LogP contribution in [-0.2, 0) is 9.05 Å². The molecule has 0 amide bonds. The van der Waals surface area contributed by atoms with Gasteiger partial charge in [-0.15, -0.1) is 0 Å². The predicted molar refractivity (Wildman–Crippen MR) is 35.9 cm³/mol.